The first-order chi connectivity index (χ1) is 14.5. The van der Waals surface area contributed by atoms with Crippen LogP contribution in [0.1, 0.15) is 46.8 Å². The van der Waals surface area contributed by atoms with E-state index in [-0.39, 0.29) is 5.92 Å². The van der Waals surface area contributed by atoms with E-state index >= 15 is 0 Å². The number of aliphatic hydroxyl groups excluding tert-OH is 4. The highest BCUT2D eigenvalue weighted by molar-refractivity contribution is 5.70. The Kier molecular flexibility index (Phi) is 4.95. The molecule has 2 aromatic carbocycles. The first-order valence-corrected chi connectivity index (χ1v) is 10.4. The first kappa shape index (κ1) is 19.8. The van der Waals surface area contributed by atoms with Crippen molar-refractivity contribution in [2.45, 2.75) is 49.8 Å². The lowest BCUT2D eigenvalue weighted by molar-refractivity contribution is -0.231. The molecule has 1 fully saturated rings. The third-order valence-corrected chi connectivity index (χ3v) is 6.63. The van der Waals surface area contributed by atoms with Crippen LogP contribution in [0.3, 0.4) is 0 Å². The maximum atomic E-state index is 10.5. The lowest BCUT2D eigenvalue weighted by Gasteiger charge is -2.40. The Morgan fingerprint density at radius 1 is 1.03 bits per heavy atom. The molecule has 1 saturated heterocycles. The predicted molar refractivity (Wildman–Crippen MR) is 110 cm³/mol. The third-order valence-electron chi connectivity index (χ3n) is 6.63. The zero-order chi connectivity index (χ0) is 21.0. The molecular weight excluding hydrogens is 386 g/mol. The van der Waals surface area contributed by atoms with E-state index in [1.165, 1.54) is 16.7 Å². The summed E-state index contributed by atoms with van der Waals surface area (Å²) in [6.45, 7) is 3.20. The highest BCUT2D eigenvalue weighted by atomic mass is 16.5. The molecule has 2 heterocycles. The van der Waals surface area contributed by atoms with Crippen molar-refractivity contribution in [3.63, 3.8) is 0 Å². The number of hydrogen-bond donors (Lipinski definition) is 5. The Morgan fingerprint density at radius 2 is 1.87 bits per heavy atom. The number of hydrogen-bond acceptors (Lipinski definition) is 7. The zero-order valence-corrected chi connectivity index (χ0v) is 16.8. The Balaban J connectivity index is 1.50. The second kappa shape index (κ2) is 7.51. The van der Waals surface area contributed by atoms with E-state index in [4.69, 9.17) is 9.47 Å². The number of fused-ring (bicyclic) bond motifs is 4. The average Bonchev–Trinajstić information content (AvgIpc) is 2.77. The van der Waals surface area contributed by atoms with E-state index in [1.54, 1.807) is 0 Å². The largest absolute Gasteiger partial charge is 0.490 e. The van der Waals surface area contributed by atoms with Gasteiger partial charge in [-0.25, -0.2) is 0 Å². The van der Waals surface area contributed by atoms with Crippen molar-refractivity contribution < 1.29 is 29.9 Å². The van der Waals surface area contributed by atoms with E-state index in [0.717, 1.165) is 35.5 Å². The molecule has 160 valence electrons. The Labute approximate surface area is 174 Å². The van der Waals surface area contributed by atoms with Crippen LogP contribution >= 0.6 is 0 Å². The molecule has 7 heteroatoms. The molecule has 0 bridgehead atoms. The zero-order valence-electron chi connectivity index (χ0n) is 16.8. The van der Waals surface area contributed by atoms with E-state index in [9.17, 15) is 20.4 Å². The van der Waals surface area contributed by atoms with Crippen LogP contribution in [-0.4, -0.2) is 64.6 Å². The molecule has 0 saturated carbocycles. The third kappa shape index (κ3) is 3.01. The molecule has 0 spiro atoms. The van der Waals surface area contributed by atoms with Crippen molar-refractivity contribution in [2.24, 2.45) is 0 Å². The normalized spacial score (nSPS) is 32.3. The van der Waals surface area contributed by atoms with Crippen LogP contribution in [0.25, 0.3) is 0 Å². The number of rotatable bonds is 2. The summed E-state index contributed by atoms with van der Waals surface area (Å²) in [4.78, 5) is 0. The molecule has 2 aliphatic heterocycles. The van der Waals surface area contributed by atoms with Crippen LogP contribution in [-0.2, 0) is 11.2 Å². The van der Waals surface area contributed by atoms with Gasteiger partial charge < -0.3 is 35.2 Å². The van der Waals surface area contributed by atoms with E-state index in [0.29, 0.717) is 6.61 Å². The second-order valence-corrected chi connectivity index (χ2v) is 8.39. The van der Waals surface area contributed by atoms with Crippen molar-refractivity contribution in [3.8, 4) is 5.75 Å². The molecule has 30 heavy (non-hydrogen) atoms. The molecule has 0 aromatic heterocycles. The van der Waals surface area contributed by atoms with Crippen LogP contribution in [0.5, 0.6) is 5.75 Å². The average molecular weight is 413 g/mol. The summed E-state index contributed by atoms with van der Waals surface area (Å²) in [6.07, 6.45) is -5.00. The molecule has 5 rings (SSSR count). The van der Waals surface area contributed by atoms with Gasteiger partial charge in [-0.05, 0) is 40.3 Å². The summed E-state index contributed by atoms with van der Waals surface area (Å²) in [7, 11) is 0. The monoisotopic (exact) mass is 413 g/mol. The number of benzene rings is 2. The van der Waals surface area contributed by atoms with Gasteiger partial charge in [0.2, 0.25) is 0 Å². The maximum absolute atomic E-state index is 10.5. The Morgan fingerprint density at radius 3 is 2.67 bits per heavy atom. The number of aliphatic hydroxyl groups is 4. The number of anilines is 1. The molecule has 0 amide bonds. The molecule has 6 atom stereocenters. The van der Waals surface area contributed by atoms with Crippen LogP contribution < -0.4 is 10.1 Å². The van der Waals surface area contributed by atoms with E-state index in [1.807, 2.05) is 24.3 Å². The van der Waals surface area contributed by atoms with Gasteiger partial charge in [0.25, 0.3) is 0 Å². The Hall–Kier alpha value is -2.16. The summed E-state index contributed by atoms with van der Waals surface area (Å²) in [5.41, 5.74) is 6.64. The molecule has 2 aromatic rings. The molecule has 2 unspecified atom stereocenters. The minimum atomic E-state index is -1.38. The van der Waals surface area contributed by atoms with Crippen molar-refractivity contribution in [1.82, 2.24) is 0 Å². The fourth-order valence-electron chi connectivity index (χ4n) is 5.05. The molecular formula is C23H27NO6. The summed E-state index contributed by atoms with van der Waals surface area (Å²) < 4.78 is 11.5. The number of ether oxygens (including phenoxy) is 2. The lowest BCUT2D eigenvalue weighted by Crippen LogP contribution is -2.55. The van der Waals surface area contributed by atoms with E-state index < -0.39 is 37.1 Å². The highest BCUT2D eigenvalue weighted by Gasteiger charge is 2.44. The van der Waals surface area contributed by atoms with Crippen molar-refractivity contribution in [3.05, 3.63) is 58.1 Å². The van der Waals surface area contributed by atoms with Gasteiger partial charge in [-0.3, -0.25) is 0 Å². The van der Waals surface area contributed by atoms with Crippen LogP contribution in [0, 0.1) is 0 Å². The predicted octanol–water partition coefficient (Wildman–Crippen LogP) is 1.06. The SMILES string of the molecule is CC1c2ccc([C@@H]3O[C@H](CO)[C@@H](O)C(O)[C@H]3O)cc2Cc2ccc3c(c21)NCCO3. The van der Waals surface area contributed by atoms with Crippen LogP contribution in [0.4, 0.5) is 5.69 Å². The van der Waals surface area contributed by atoms with Gasteiger partial charge in [0.05, 0.1) is 12.3 Å². The van der Waals surface area contributed by atoms with Crippen molar-refractivity contribution >= 4 is 5.69 Å². The van der Waals surface area contributed by atoms with Gasteiger partial charge >= 0.3 is 0 Å². The summed E-state index contributed by atoms with van der Waals surface area (Å²) in [5.74, 6) is 1.07. The van der Waals surface area contributed by atoms with E-state index in [2.05, 4.69) is 18.3 Å². The Bertz CT molecular complexity index is 961. The summed E-state index contributed by atoms with van der Waals surface area (Å²) in [6, 6.07) is 10.1. The molecule has 1 aliphatic carbocycles. The molecule has 3 aliphatic rings. The fraction of sp³-hybridized carbons (Fsp3) is 0.478. The highest BCUT2D eigenvalue weighted by Crippen LogP contribution is 2.45. The summed E-state index contributed by atoms with van der Waals surface area (Å²) in [5, 5.41) is 43.6. The maximum Gasteiger partial charge on any atom is 0.142 e. The smallest absolute Gasteiger partial charge is 0.142 e. The van der Waals surface area contributed by atoms with Crippen molar-refractivity contribution in [2.75, 3.05) is 25.1 Å². The molecule has 7 nitrogen and oxygen atoms in total. The van der Waals surface area contributed by atoms with Gasteiger partial charge in [0.15, 0.2) is 0 Å². The quantitative estimate of drug-likeness (QED) is 0.501. The minimum absolute atomic E-state index is 0.178. The second-order valence-electron chi connectivity index (χ2n) is 8.39. The van der Waals surface area contributed by atoms with Gasteiger partial charge in [-0.1, -0.05) is 31.2 Å². The first-order valence-electron chi connectivity index (χ1n) is 10.4. The van der Waals surface area contributed by atoms with Crippen LogP contribution in [0.2, 0.25) is 0 Å². The number of nitrogens with one attached hydrogen (secondary N) is 1. The molecule has 0 radical (unpaired) electrons. The standard InChI is InChI=1S/C23H27NO6/c1-11-15-4-2-13(23-22(28)21(27)20(26)17(10-25)30-23)9-14(15)8-12-3-5-16-19(18(11)12)24-6-7-29-16/h2-5,9,11,17,20-28H,6-8,10H2,1H3/t11?,17-,20-,21?,22-,23+/m1/s1. The minimum Gasteiger partial charge on any atom is -0.490 e. The van der Waals surface area contributed by atoms with Gasteiger partial charge in [0.1, 0.15) is 42.9 Å². The topological polar surface area (TPSA) is 111 Å². The lowest BCUT2D eigenvalue weighted by atomic mass is 9.77. The van der Waals surface area contributed by atoms with Gasteiger partial charge in [-0.2, -0.15) is 0 Å². The summed E-state index contributed by atoms with van der Waals surface area (Å²) >= 11 is 0. The van der Waals surface area contributed by atoms with Crippen LogP contribution in [0.15, 0.2) is 30.3 Å². The van der Waals surface area contributed by atoms with Gasteiger partial charge in [0, 0.05) is 12.5 Å². The van der Waals surface area contributed by atoms with Gasteiger partial charge in [-0.15, -0.1) is 0 Å². The van der Waals surface area contributed by atoms with Crippen molar-refractivity contribution in [1.29, 1.82) is 0 Å². The molecule has 5 N–H and O–H groups in total. The fourth-order valence-corrected chi connectivity index (χ4v) is 5.05.